The third-order valence-electron chi connectivity index (χ3n) is 7.48. The van der Waals surface area contributed by atoms with E-state index in [-0.39, 0.29) is 11.4 Å². The van der Waals surface area contributed by atoms with E-state index in [1.165, 1.54) is 46.9 Å². The second-order valence-corrected chi connectivity index (χ2v) is 10.4. The van der Waals surface area contributed by atoms with E-state index in [4.69, 9.17) is 0 Å². The summed E-state index contributed by atoms with van der Waals surface area (Å²) in [7, 11) is 2.12. The van der Waals surface area contributed by atoms with Crippen molar-refractivity contribution in [2.24, 2.45) is 7.05 Å². The van der Waals surface area contributed by atoms with Crippen LogP contribution in [0.25, 0.3) is 10.9 Å². The average Bonchev–Trinajstić information content (AvgIpc) is 3.15. The number of hydrogen-bond acceptors (Lipinski definition) is 1. The Morgan fingerprint density at radius 2 is 1.58 bits per heavy atom. The van der Waals surface area contributed by atoms with Crippen molar-refractivity contribution < 1.29 is 4.79 Å². The Balaban J connectivity index is 1.60. The van der Waals surface area contributed by atoms with Crippen LogP contribution in [0.2, 0.25) is 0 Å². The first kappa shape index (κ1) is 23.4. The highest BCUT2D eigenvalue weighted by Gasteiger charge is 2.36. The largest absolute Gasteiger partial charge is 0.350 e. The van der Waals surface area contributed by atoms with Crippen LogP contribution in [0.4, 0.5) is 10.5 Å². The smallest absolute Gasteiger partial charge is 0.319 e. The third kappa shape index (κ3) is 4.66. The number of carbonyl (C=O) groups is 1. The molecule has 4 heteroatoms. The normalized spacial score (nSPS) is 15.8. The lowest BCUT2D eigenvalue weighted by molar-refractivity contribution is 0.240. The number of urea groups is 1. The highest BCUT2D eigenvalue weighted by Crippen LogP contribution is 2.42. The van der Waals surface area contributed by atoms with Crippen molar-refractivity contribution in [3.63, 3.8) is 0 Å². The molecular formula is C29H39N3O. The van der Waals surface area contributed by atoms with E-state index in [1.54, 1.807) is 0 Å². The van der Waals surface area contributed by atoms with Gasteiger partial charge in [-0.05, 0) is 47.4 Å². The van der Waals surface area contributed by atoms with E-state index in [9.17, 15) is 4.79 Å². The summed E-state index contributed by atoms with van der Waals surface area (Å²) in [5.41, 5.74) is 5.98. The molecule has 1 aliphatic carbocycles. The Labute approximate surface area is 198 Å². The zero-order valence-electron chi connectivity index (χ0n) is 20.9. The number of benzene rings is 2. The van der Waals surface area contributed by atoms with Crippen LogP contribution in [0, 0.1) is 0 Å². The molecule has 176 valence electrons. The molecule has 0 spiro atoms. The van der Waals surface area contributed by atoms with Crippen LogP contribution < -0.4 is 10.6 Å². The predicted molar refractivity (Wildman–Crippen MR) is 139 cm³/mol. The molecule has 0 radical (unpaired) electrons. The molecule has 4 rings (SSSR count). The van der Waals surface area contributed by atoms with Gasteiger partial charge in [-0.25, -0.2) is 4.79 Å². The molecule has 0 atom stereocenters. The van der Waals surface area contributed by atoms with E-state index < -0.39 is 0 Å². The highest BCUT2D eigenvalue weighted by atomic mass is 16.2. The first-order chi connectivity index (χ1) is 15.8. The monoisotopic (exact) mass is 445 g/mol. The summed E-state index contributed by atoms with van der Waals surface area (Å²) in [6.07, 6.45) is 8.21. The Morgan fingerprint density at radius 3 is 2.21 bits per heavy atom. The van der Waals surface area contributed by atoms with Crippen LogP contribution in [0.15, 0.2) is 48.7 Å². The molecule has 4 nitrogen and oxygen atoms in total. The van der Waals surface area contributed by atoms with Gasteiger partial charge in [0.25, 0.3) is 0 Å². The molecule has 33 heavy (non-hydrogen) atoms. The number of fused-ring (bicyclic) bond motifs is 1. The zero-order valence-corrected chi connectivity index (χ0v) is 20.9. The molecule has 1 aliphatic rings. The van der Waals surface area contributed by atoms with Crippen LogP contribution in [0.3, 0.4) is 0 Å². The summed E-state index contributed by atoms with van der Waals surface area (Å²) >= 11 is 0. The van der Waals surface area contributed by atoms with Crippen molar-refractivity contribution >= 4 is 22.6 Å². The molecule has 0 bridgehead atoms. The van der Waals surface area contributed by atoms with Crippen molar-refractivity contribution in [3.8, 4) is 0 Å². The minimum atomic E-state index is -0.102. The highest BCUT2D eigenvalue weighted by molar-refractivity contribution is 5.91. The van der Waals surface area contributed by atoms with Gasteiger partial charge in [0.05, 0.1) is 0 Å². The molecule has 0 saturated heterocycles. The number of anilines is 1. The van der Waals surface area contributed by atoms with Gasteiger partial charge in [0.15, 0.2) is 0 Å². The Kier molecular flexibility index (Phi) is 6.83. The summed E-state index contributed by atoms with van der Waals surface area (Å²) < 4.78 is 2.23. The second-order valence-electron chi connectivity index (χ2n) is 10.4. The molecule has 0 aliphatic heterocycles. The number of nitrogens with zero attached hydrogens (tertiary/aromatic N) is 1. The van der Waals surface area contributed by atoms with Crippen molar-refractivity contribution in [1.82, 2.24) is 9.88 Å². The van der Waals surface area contributed by atoms with E-state index in [2.05, 4.69) is 98.6 Å². The van der Waals surface area contributed by atoms with Gasteiger partial charge in [-0.2, -0.15) is 0 Å². The van der Waals surface area contributed by atoms with Gasteiger partial charge >= 0.3 is 6.03 Å². The quantitative estimate of drug-likeness (QED) is 0.407. The molecular weight excluding hydrogens is 406 g/mol. The van der Waals surface area contributed by atoms with Crippen LogP contribution in [0.5, 0.6) is 0 Å². The molecule has 2 N–H and O–H groups in total. The zero-order chi connectivity index (χ0) is 23.6. The maximum absolute atomic E-state index is 13.2. The first-order valence-electron chi connectivity index (χ1n) is 12.5. The van der Waals surface area contributed by atoms with Crippen LogP contribution in [0.1, 0.15) is 88.3 Å². The first-order valence-corrected chi connectivity index (χ1v) is 12.5. The van der Waals surface area contributed by atoms with Crippen molar-refractivity contribution in [2.75, 3.05) is 11.9 Å². The van der Waals surface area contributed by atoms with E-state index in [1.807, 2.05) is 0 Å². The van der Waals surface area contributed by atoms with Gasteiger partial charge in [0.2, 0.25) is 0 Å². The number of aryl methyl sites for hydroxylation is 1. The molecule has 1 fully saturated rings. The molecule has 2 aromatic carbocycles. The maximum Gasteiger partial charge on any atom is 0.319 e. The molecule has 3 aromatic rings. The minimum Gasteiger partial charge on any atom is -0.350 e. The van der Waals surface area contributed by atoms with Crippen molar-refractivity contribution in [1.29, 1.82) is 0 Å². The topological polar surface area (TPSA) is 46.1 Å². The minimum absolute atomic E-state index is 0.0190. The lowest BCUT2D eigenvalue weighted by Gasteiger charge is -2.37. The molecule has 0 unspecified atom stereocenters. The summed E-state index contributed by atoms with van der Waals surface area (Å²) in [6, 6.07) is 14.9. The Bertz CT molecular complexity index is 1090. The maximum atomic E-state index is 13.2. The predicted octanol–water partition coefficient (Wildman–Crippen LogP) is 7.45. The van der Waals surface area contributed by atoms with Gasteiger partial charge < -0.3 is 15.2 Å². The summed E-state index contributed by atoms with van der Waals surface area (Å²) in [4.78, 5) is 13.2. The summed E-state index contributed by atoms with van der Waals surface area (Å²) in [5.74, 6) is 0.693. The van der Waals surface area contributed by atoms with Crippen molar-refractivity contribution in [2.45, 2.75) is 77.0 Å². The van der Waals surface area contributed by atoms with Crippen molar-refractivity contribution in [3.05, 3.63) is 65.4 Å². The standard InChI is InChI=1S/C29H39N3O/c1-20(2)22-13-11-14-23(21(3)4)27(22)31-28(33)30-19-29(16-9-6-10-17-29)25-18-32(5)26-15-8-7-12-24(25)26/h7-8,11-15,18,20-21H,6,9-10,16-17,19H2,1-5H3,(H2,30,31,33). The van der Waals surface area contributed by atoms with E-state index in [0.717, 1.165) is 18.5 Å². The number of para-hydroxylation sites is 2. The summed E-state index contributed by atoms with van der Waals surface area (Å²) in [6.45, 7) is 9.38. The number of amides is 2. The van der Waals surface area contributed by atoms with Gasteiger partial charge in [0.1, 0.15) is 0 Å². The molecule has 1 saturated carbocycles. The number of nitrogens with one attached hydrogen (secondary N) is 2. The fraction of sp³-hybridized carbons (Fsp3) is 0.483. The van der Waals surface area contributed by atoms with E-state index in [0.29, 0.717) is 18.4 Å². The molecule has 1 heterocycles. The fourth-order valence-corrected chi connectivity index (χ4v) is 5.64. The molecule has 1 aromatic heterocycles. The third-order valence-corrected chi connectivity index (χ3v) is 7.48. The average molecular weight is 446 g/mol. The lowest BCUT2D eigenvalue weighted by atomic mass is 9.69. The number of aromatic nitrogens is 1. The SMILES string of the molecule is CC(C)c1cccc(C(C)C)c1NC(=O)NCC1(c2cn(C)c3ccccc23)CCCCC1. The van der Waals surface area contributed by atoms with Gasteiger partial charge in [-0.3, -0.25) is 0 Å². The van der Waals surface area contributed by atoms with Gasteiger partial charge in [-0.1, -0.05) is 83.4 Å². The number of rotatable bonds is 6. The summed E-state index contributed by atoms with van der Waals surface area (Å²) in [5, 5.41) is 7.84. The van der Waals surface area contributed by atoms with Gasteiger partial charge in [0, 0.05) is 41.8 Å². The fourth-order valence-electron chi connectivity index (χ4n) is 5.64. The van der Waals surface area contributed by atoms with Gasteiger partial charge in [-0.15, -0.1) is 0 Å². The van der Waals surface area contributed by atoms with Crippen LogP contribution in [-0.2, 0) is 12.5 Å². The lowest BCUT2D eigenvalue weighted by Crippen LogP contribution is -2.43. The Morgan fingerprint density at radius 1 is 0.939 bits per heavy atom. The van der Waals surface area contributed by atoms with Crippen LogP contribution in [-0.4, -0.2) is 17.1 Å². The Hall–Kier alpha value is -2.75. The number of carbonyl (C=O) groups excluding carboxylic acids is 1. The van der Waals surface area contributed by atoms with Crippen LogP contribution >= 0.6 is 0 Å². The molecule has 2 amide bonds. The number of hydrogen-bond donors (Lipinski definition) is 2. The van der Waals surface area contributed by atoms with E-state index >= 15 is 0 Å². The second kappa shape index (κ2) is 9.62.